The number of aromatic nitrogens is 2. The fraction of sp³-hybridized carbons (Fsp3) is 0.231. The van der Waals surface area contributed by atoms with E-state index < -0.39 is 0 Å². The molecule has 5 heteroatoms. The molecule has 92 valence electrons. The van der Waals surface area contributed by atoms with Crippen molar-refractivity contribution in [3.8, 4) is 22.8 Å². The normalized spacial score (nSPS) is 13.4. The lowest BCUT2D eigenvalue weighted by atomic mass is 10.1. The molecule has 0 N–H and O–H groups in total. The molecule has 0 radical (unpaired) electrons. The molecule has 0 aliphatic carbocycles. The van der Waals surface area contributed by atoms with Gasteiger partial charge in [-0.1, -0.05) is 0 Å². The molecule has 1 aromatic heterocycles. The maximum atomic E-state index is 5.83. The summed E-state index contributed by atoms with van der Waals surface area (Å²) in [5.41, 5.74) is 2.73. The second kappa shape index (κ2) is 4.46. The lowest BCUT2D eigenvalue weighted by Gasteiger charge is -2.19. The van der Waals surface area contributed by atoms with Crippen LogP contribution in [0.3, 0.4) is 0 Å². The molecular weight excluding hydrogens is 252 g/mol. The Morgan fingerprint density at radius 3 is 2.78 bits per heavy atom. The quantitative estimate of drug-likeness (QED) is 0.742. The highest BCUT2D eigenvalue weighted by atomic mass is 35.5. The predicted octanol–water partition coefficient (Wildman–Crippen LogP) is 2.88. The van der Waals surface area contributed by atoms with Gasteiger partial charge in [0.05, 0.1) is 5.69 Å². The zero-order chi connectivity index (χ0) is 12.5. The van der Waals surface area contributed by atoms with Gasteiger partial charge in [-0.3, -0.25) is 0 Å². The number of hydrogen-bond donors (Lipinski definition) is 0. The maximum absolute atomic E-state index is 5.83. The van der Waals surface area contributed by atoms with Crippen LogP contribution in [0, 0.1) is 6.92 Å². The standard InChI is InChI=1S/C13H11ClN2O2/c1-8-7-15-13(14)16-12(8)9-2-3-10-11(6-9)18-5-4-17-10/h2-3,6-7H,4-5H2,1H3. The van der Waals surface area contributed by atoms with E-state index in [-0.39, 0.29) is 5.28 Å². The molecule has 18 heavy (non-hydrogen) atoms. The monoisotopic (exact) mass is 262 g/mol. The molecule has 0 atom stereocenters. The van der Waals surface area contributed by atoms with Gasteiger partial charge >= 0.3 is 0 Å². The van der Waals surface area contributed by atoms with E-state index in [2.05, 4.69) is 9.97 Å². The van der Waals surface area contributed by atoms with Crippen molar-refractivity contribution in [1.29, 1.82) is 0 Å². The molecule has 1 aliphatic heterocycles. The molecule has 0 bridgehead atoms. The number of ether oxygens (including phenoxy) is 2. The molecule has 1 aromatic carbocycles. The number of halogens is 1. The van der Waals surface area contributed by atoms with E-state index in [0.717, 1.165) is 28.3 Å². The first-order valence-electron chi connectivity index (χ1n) is 5.63. The van der Waals surface area contributed by atoms with Crippen LogP contribution in [0.2, 0.25) is 5.28 Å². The van der Waals surface area contributed by atoms with Gasteiger partial charge in [-0.2, -0.15) is 0 Å². The third-order valence-corrected chi connectivity index (χ3v) is 2.94. The van der Waals surface area contributed by atoms with Gasteiger partial charge in [-0.25, -0.2) is 9.97 Å². The third kappa shape index (κ3) is 1.99. The number of nitrogens with zero attached hydrogens (tertiary/aromatic N) is 2. The summed E-state index contributed by atoms with van der Waals surface area (Å²) in [6.07, 6.45) is 1.71. The van der Waals surface area contributed by atoms with Crippen molar-refractivity contribution < 1.29 is 9.47 Å². The van der Waals surface area contributed by atoms with Crippen molar-refractivity contribution in [1.82, 2.24) is 9.97 Å². The summed E-state index contributed by atoms with van der Waals surface area (Å²) in [5, 5.41) is 0.241. The third-order valence-electron chi connectivity index (χ3n) is 2.76. The van der Waals surface area contributed by atoms with Gasteiger partial charge < -0.3 is 9.47 Å². The molecule has 0 fully saturated rings. The van der Waals surface area contributed by atoms with Crippen LogP contribution in [0.15, 0.2) is 24.4 Å². The molecular formula is C13H11ClN2O2. The predicted molar refractivity (Wildman–Crippen MR) is 68.2 cm³/mol. The summed E-state index contributed by atoms with van der Waals surface area (Å²) in [7, 11) is 0. The molecule has 0 amide bonds. The molecule has 0 spiro atoms. The number of benzene rings is 1. The molecule has 0 unspecified atom stereocenters. The number of fused-ring (bicyclic) bond motifs is 1. The Hall–Kier alpha value is -1.81. The first kappa shape index (κ1) is 11.3. The number of hydrogen-bond acceptors (Lipinski definition) is 4. The van der Waals surface area contributed by atoms with Gasteiger partial charge in [0.15, 0.2) is 11.5 Å². The van der Waals surface area contributed by atoms with E-state index in [1.807, 2.05) is 25.1 Å². The summed E-state index contributed by atoms with van der Waals surface area (Å²) in [6, 6.07) is 5.75. The smallest absolute Gasteiger partial charge is 0.222 e. The maximum Gasteiger partial charge on any atom is 0.222 e. The summed E-state index contributed by atoms with van der Waals surface area (Å²) < 4.78 is 11.0. The molecule has 2 heterocycles. The highest BCUT2D eigenvalue weighted by molar-refractivity contribution is 6.28. The molecule has 2 aromatic rings. The van der Waals surface area contributed by atoms with Gasteiger partial charge in [-0.05, 0) is 42.3 Å². The van der Waals surface area contributed by atoms with E-state index in [1.54, 1.807) is 6.20 Å². The van der Waals surface area contributed by atoms with E-state index in [0.29, 0.717) is 13.2 Å². The lowest BCUT2D eigenvalue weighted by Crippen LogP contribution is -2.15. The topological polar surface area (TPSA) is 44.2 Å². The minimum absolute atomic E-state index is 0.241. The van der Waals surface area contributed by atoms with Crippen LogP contribution in [-0.2, 0) is 0 Å². The first-order valence-corrected chi connectivity index (χ1v) is 6.01. The van der Waals surface area contributed by atoms with E-state index >= 15 is 0 Å². The van der Waals surface area contributed by atoms with E-state index in [1.165, 1.54) is 0 Å². The van der Waals surface area contributed by atoms with Gasteiger partial charge in [-0.15, -0.1) is 0 Å². The SMILES string of the molecule is Cc1cnc(Cl)nc1-c1ccc2c(c1)OCCO2. The summed E-state index contributed by atoms with van der Waals surface area (Å²) in [5.74, 6) is 1.51. The molecule has 4 nitrogen and oxygen atoms in total. The van der Waals surface area contributed by atoms with Crippen LogP contribution < -0.4 is 9.47 Å². The largest absolute Gasteiger partial charge is 0.486 e. The second-order valence-electron chi connectivity index (χ2n) is 4.03. The Morgan fingerprint density at radius 2 is 1.94 bits per heavy atom. The van der Waals surface area contributed by atoms with Crippen LogP contribution in [0.1, 0.15) is 5.56 Å². The highest BCUT2D eigenvalue weighted by Crippen LogP contribution is 2.34. The van der Waals surface area contributed by atoms with Crippen molar-refractivity contribution in [2.24, 2.45) is 0 Å². The van der Waals surface area contributed by atoms with E-state index in [9.17, 15) is 0 Å². The fourth-order valence-electron chi connectivity index (χ4n) is 1.90. The van der Waals surface area contributed by atoms with Crippen LogP contribution in [-0.4, -0.2) is 23.2 Å². The number of rotatable bonds is 1. The van der Waals surface area contributed by atoms with Crippen LogP contribution in [0.5, 0.6) is 11.5 Å². The Labute approximate surface area is 110 Å². The van der Waals surface area contributed by atoms with Gasteiger partial charge in [0.2, 0.25) is 5.28 Å². The van der Waals surface area contributed by atoms with Gasteiger partial charge in [0, 0.05) is 11.8 Å². The van der Waals surface area contributed by atoms with E-state index in [4.69, 9.17) is 21.1 Å². The Kier molecular flexibility index (Phi) is 2.80. The fourth-order valence-corrected chi connectivity index (χ4v) is 2.04. The lowest BCUT2D eigenvalue weighted by molar-refractivity contribution is 0.171. The molecule has 1 aliphatic rings. The summed E-state index contributed by atoms with van der Waals surface area (Å²) in [4.78, 5) is 8.20. The Morgan fingerprint density at radius 1 is 1.17 bits per heavy atom. The van der Waals surface area contributed by atoms with Crippen molar-refractivity contribution >= 4 is 11.6 Å². The first-order chi connectivity index (χ1) is 8.74. The van der Waals surface area contributed by atoms with Gasteiger partial charge in [0.25, 0.3) is 0 Å². The molecule has 3 rings (SSSR count). The summed E-state index contributed by atoms with van der Waals surface area (Å²) in [6.45, 7) is 3.10. The Bertz CT molecular complexity index is 602. The average molecular weight is 263 g/mol. The van der Waals surface area contributed by atoms with Crippen LogP contribution >= 0.6 is 11.6 Å². The van der Waals surface area contributed by atoms with Crippen molar-refractivity contribution in [2.75, 3.05) is 13.2 Å². The van der Waals surface area contributed by atoms with Crippen LogP contribution in [0.25, 0.3) is 11.3 Å². The van der Waals surface area contributed by atoms with Gasteiger partial charge in [0.1, 0.15) is 13.2 Å². The average Bonchev–Trinajstić information content (AvgIpc) is 2.41. The second-order valence-corrected chi connectivity index (χ2v) is 4.37. The van der Waals surface area contributed by atoms with Crippen molar-refractivity contribution in [2.45, 2.75) is 6.92 Å². The minimum atomic E-state index is 0.241. The number of aryl methyl sites for hydroxylation is 1. The zero-order valence-electron chi connectivity index (χ0n) is 9.81. The Balaban J connectivity index is 2.09. The van der Waals surface area contributed by atoms with Crippen molar-refractivity contribution in [3.05, 3.63) is 35.2 Å². The van der Waals surface area contributed by atoms with Crippen LogP contribution in [0.4, 0.5) is 0 Å². The minimum Gasteiger partial charge on any atom is -0.486 e. The molecule has 0 saturated carbocycles. The van der Waals surface area contributed by atoms with Crippen molar-refractivity contribution in [3.63, 3.8) is 0 Å². The molecule has 0 saturated heterocycles. The zero-order valence-corrected chi connectivity index (χ0v) is 10.6. The highest BCUT2D eigenvalue weighted by Gasteiger charge is 2.14. The summed E-state index contributed by atoms with van der Waals surface area (Å²) >= 11 is 5.83.